The number of aromatic amines is 1. The van der Waals surface area contributed by atoms with Gasteiger partial charge in [-0.2, -0.15) is 0 Å². The SMILES string of the molecule is CC(C)(CN)CNc1ccc2nc[nH]c2c1. The van der Waals surface area contributed by atoms with E-state index in [1.165, 1.54) is 0 Å². The summed E-state index contributed by atoms with van der Waals surface area (Å²) in [5, 5.41) is 3.39. The molecule has 2 rings (SSSR count). The average molecular weight is 218 g/mol. The molecule has 4 N–H and O–H groups in total. The van der Waals surface area contributed by atoms with E-state index in [0.717, 1.165) is 23.3 Å². The summed E-state index contributed by atoms with van der Waals surface area (Å²) in [6.45, 7) is 5.83. The lowest BCUT2D eigenvalue weighted by Crippen LogP contribution is -2.31. The molecule has 2 aromatic rings. The number of aromatic nitrogens is 2. The number of nitrogens with two attached hydrogens (primary N) is 1. The molecule has 0 amide bonds. The first kappa shape index (κ1) is 11.0. The lowest BCUT2D eigenvalue weighted by molar-refractivity contribution is 0.406. The summed E-state index contributed by atoms with van der Waals surface area (Å²) < 4.78 is 0. The van der Waals surface area contributed by atoms with Crippen molar-refractivity contribution in [1.82, 2.24) is 9.97 Å². The van der Waals surface area contributed by atoms with E-state index in [9.17, 15) is 0 Å². The Morgan fingerprint density at radius 2 is 2.25 bits per heavy atom. The number of nitrogens with one attached hydrogen (secondary N) is 2. The molecule has 1 aromatic heterocycles. The fourth-order valence-electron chi connectivity index (χ4n) is 1.46. The Morgan fingerprint density at radius 3 is 3.00 bits per heavy atom. The first-order valence-electron chi connectivity index (χ1n) is 5.48. The van der Waals surface area contributed by atoms with Crippen LogP contribution in [0, 0.1) is 5.41 Å². The minimum absolute atomic E-state index is 0.114. The maximum atomic E-state index is 5.69. The maximum Gasteiger partial charge on any atom is 0.0931 e. The molecule has 0 radical (unpaired) electrons. The summed E-state index contributed by atoms with van der Waals surface area (Å²) in [7, 11) is 0. The van der Waals surface area contributed by atoms with Crippen molar-refractivity contribution in [2.24, 2.45) is 11.1 Å². The second-order valence-electron chi connectivity index (χ2n) is 4.86. The summed E-state index contributed by atoms with van der Waals surface area (Å²) in [5.41, 5.74) is 8.94. The molecule has 0 unspecified atom stereocenters. The normalized spacial score (nSPS) is 11.9. The number of nitrogens with zero attached hydrogens (tertiary/aromatic N) is 1. The Morgan fingerprint density at radius 1 is 1.44 bits per heavy atom. The van der Waals surface area contributed by atoms with Crippen LogP contribution in [0.3, 0.4) is 0 Å². The van der Waals surface area contributed by atoms with Gasteiger partial charge in [-0.05, 0) is 30.2 Å². The molecule has 0 aliphatic heterocycles. The first-order chi connectivity index (χ1) is 7.61. The molecule has 1 heterocycles. The van der Waals surface area contributed by atoms with E-state index in [1.807, 2.05) is 12.1 Å². The van der Waals surface area contributed by atoms with Crippen molar-refractivity contribution < 1.29 is 0 Å². The molecule has 16 heavy (non-hydrogen) atoms. The predicted octanol–water partition coefficient (Wildman–Crippen LogP) is 1.96. The molecule has 0 aliphatic carbocycles. The molecule has 0 bridgehead atoms. The number of hydrogen-bond acceptors (Lipinski definition) is 3. The summed E-state index contributed by atoms with van der Waals surface area (Å²) in [6.07, 6.45) is 1.71. The van der Waals surface area contributed by atoms with Crippen molar-refractivity contribution in [3.05, 3.63) is 24.5 Å². The highest BCUT2D eigenvalue weighted by Gasteiger charge is 2.14. The van der Waals surface area contributed by atoms with Gasteiger partial charge in [0, 0.05) is 12.2 Å². The largest absolute Gasteiger partial charge is 0.384 e. The van der Waals surface area contributed by atoms with Crippen molar-refractivity contribution >= 4 is 16.7 Å². The molecule has 4 heteroatoms. The van der Waals surface area contributed by atoms with E-state index >= 15 is 0 Å². The summed E-state index contributed by atoms with van der Waals surface area (Å²) in [5.74, 6) is 0. The lowest BCUT2D eigenvalue weighted by Gasteiger charge is -2.23. The maximum absolute atomic E-state index is 5.69. The Bertz CT molecular complexity index is 473. The molecule has 0 aliphatic rings. The van der Waals surface area contributed by atoms with Gasteiger partial charge in [0.25, 0.3) is 0 Å². The van der Waals surface area contributed by atoms with Gasteiger partial charge in [-0.25, -0.2) is 4.98 Å². The average Bonchev–Trinajstić information content (AvgIpc) is 2.73. The number of rotatable bonds is 4. The Kier molecular flexibility index (Phi) is 2.83. The van der Waals surface area contributed by atoms with E-state index in [4.69, 9.17) is 5.73 Å². The molecule has 0 fully saturated rings. The zero-order valence-corrected chi connectivity index (χ0v) is 9.75. The van der Waals surface area contributed by atoms with Gasteiger partial charge in [-0.3, -0.25) is 0 Å². The van der Waals surface area contributed by atoms with Crippen LogP contribution in [0.4, 0.5) is 5.69 Å². The molecule has 86 valence electrons. The van der Waals surface area contributed by atoms with Gasteiger partial charge in [0.1, 0.15) is 0 Å². The van der Waals surface area contributed by atoms with Gasteiger partial charge < -0.3 is 16.0 Å². The molecule has 0 saturated carbocycles. The van der Waals surface area contributed by atoms with Gasteiger partial charge in [0.05, 0.1) is 17.4 Å². The van der Waals surface area contributed by atoms with Gasteiger partial charge in [0.15, 0.2) is 0 Å². The van der Waals surface area contributed by atoms with Crippen molar-refractivity contribution in [3.63, 3.8) is 0 Å². The third-order valence-electron chi connectivity index (χ3n) is 2.74. The summed E-state index contributed by atoms with van der Waals surface area (Å²) in [4.78, 5) is 7.28. The Balaban J connectivity index is 2.09. The standard InChI is InChI=1S/C12H18N4/c1-12(2,6-13)7-14-9-3-4-10-11(5-9)16-8-15-10/h3-5,8,14H,6-7,13H2,1-2H3,(H,15,16). The molecule has 0 spiro atoms. The second kappa shape index (κ2) is 4.14. The first-order valence-corrected chi connectivity index (χ1v) is 5.48. The summed E-state index contributed by atoms with van der Waals surface area (Å²) in [6, 6.07) is 6.11. The number of hydrogen-bond donors (Lipinski definition) is 3. The predicted molar refractivity (Wildman–Crippen MR) is 67.4 cm³/mol. The van der Waals surface area contributed by atoms with Crippen molar-refractivity contribution in [1.29, 1.82) is 0 Å². The minimum atomic E-state index is 0.114. The van der Waals surface area contributed by atoms with E-state index in [0.29, 0.717) is 6.54 Å². The van der Waals surface area contributed by atoms with Crippen LogP contribution in [-0.4, -0.2) is 23.1 Å². The monoisotopic (exact) mass is 218 g/mol. The van der Waals surface area contributed by atoms with Crippen molar-refractivity contribution in [2.75, 3.05) is 18.4 Å². The highest BCUT2D eigenvalue weighted by molar-refractivity contribution is 5.78. The minimum Gasteiger partial charge on any atom is -0.384 e. The third kappa shape index (κ3) is 2.33. The highest BCUT2D eigenvalue weighted by Crippen LogP contribution is 2.18. The molecule has 0 atom stereocenters. The van der Waals surface area contributed by atoms with Crippen molar-refractivity contribution in [3.8, 4) is 0 Å². The van der Waals surface area contributed by atoms with Gasteiger partial charge in [-0.15, -0.1) is 0 Å². The molecule has 4 nitrogen and oxygen atoms in total. The molecule has 0 saturated heterocycles. The van der Waals surface area contributed by atoms with Gasteiger partial charge in [0.2, 0.25) is 0 Å². The topological polar surface area (TPSA) is 66.7 Å². The van der Waals surface area contributed by atoms with Gasteiger partial charge >= 0.3 is 0 Å². The van der Waals surface area contributed by atoms with Crippen LogP contribution >= 0.6 is 0 Å². The smallest absolute Gasteiger partial charge is 0.0931 e. The van der Waals surface area contributed by atoms with Crippen LogP contribution < -0.4 is 11.1 Å². The number of imidazole rings is 1. The Hall–Kier alpha value is -1.55. The quantitative estimate of drug-likeness (QED) is 0.735. The van der Waals surface area contributed by atoms with Crippen LogP contribution in [0.15, 0.2) is 24.5 Å². The van der Waals surface area contributed by atoms with E-state index in [2.05, 4.69) is 35.2 Å². The van der Waals surface area contributed by atoms with Crippen LogP contribution in [0.5, 0.6) is 0 Å². The number of benzene rings is 1. The van der Waals surface area contributed by atoms with E-state index in [1.54, 1.807) is 6.33 Å². The number of fused-ring (bicyclic) bond motifs is 1. The third-order valence-corrected chi connectivity index (χ3v) is 2.74. The Labute approximate surface area is 95.3 Å². The molecular weight excluding hydrogens is 200 g/mol. The molecular formula is C12H18N4. The highest BCUT2D eigenvalue weighted by atomic mass is 14.9. The summed E-state index contributed by atoms with van der Waals surface area (Å²) >= 11 is 0. The van der Waals surface area contributed by atoms with Crippen LogP contribution in [0.25, 0.3) is 11.0 Å². The number of anilines is 1. The van der Waals surface area contributed by atoms with Crippen LogP contribution in [-0.2, 0) is 0 Å². The molecule has 1 aromatic carbocycles. The van der Waals surface area contributed by atoms with E-state index < -0.39 is 0 Å². The second-order valence-corrected chi connectivity index (χ2v) is 4.86. The van der Waals surface area contributed by atoms with Gasteiger partial charge in [-0.1, -0.05) is 13.8 Å². The van der Waals surface area contributed by atoms with Crippen LogP contribution in [0.2, 0.25) is 0 Å². The van der Waals surface area contributed by atoms with Crippen molar-refractivity contribution in [2.45, 2.75) is 13.8 Å². The van der Waals surface area contributed by atoms with Crippen LogP contribution in [0.1, 0.15) is 13.8 Å². The fourth-order valence-corrected chi connectivity index (χ4v) is 1.46. The zero-order chi connectivity index (χ0) is 11.6. The van der Waals surface area contributed by atoms with E-state index in [-0.39, 0.29) is 5.41 Å². The zero-order valence-electron chi connectivity index (χ0n) is 9.75. The fraction of sp³-hybridized carbons (Fsp3) is 0.417. The lowest BCUT2D eigenvalue weighted by atomic mass is 9.94. The number of H-pyrrole nitrogens is 1.